The molecule has 2 N–H and O–H groups in total. The average molecular weight is 343 g/mol. The van der Waals surface area contributed by atoms with Gasteiger partial charge in [0.2, 0.25) is 11.6 Å². The molecule has 1 aromatic heterocycles. The number of nitrogens with zero attached hydrogens (tertiary/aromatic N) is 2. The fourth-order valence-corrected chi connectivity index (χ4v) is 1.61. The number of anilines is 1. The van der Waals surface area contributed by atoms with Gasteiger partial charge in [0.1, 0.15) is 11.4 Å². The van der Waals surface area contributed by atoms with Crippen LogP contribution in [0.25, 0.3) is 0 Å². The van der Waals surface area contributed by atoms with E-state index in [0.717, 1.165) is 6.21 Å². The number of aromatic nitrogens is 1. The van der Waals surface area contributed by atoms with Crippen LogP contribution in [0.2, 0.25) is 0 Å². The Balaban J connectivity index is 2.20. The summed E-state index contributed by atoms with van der Waals surface area (Å²) in [7, 11) is 0. The molecule has 0 amide bonds. The summed E-state index contributed by atoms with van der Waals surface area (Å²) in [5.41, 5.74) is 0.944. The molecule has 0 fully saturated rings. The summed E-state index contributed by atoms with van der Waals surface area (Å²) in [5, 5.41) is 12.0. The molecule has 0 saturated carbocycles. The van der Waals surface area contributed by atoms with Crippen LogP contribution in [-0.4, -0.2) is 28.9 Å². The van der Waals surface area contributed by atoms with E-state index in [1.807, 2.05) is 5.43 Å². The molecule has 2 aromatic rings. The summed E-state index contributed by atoms with van der Waals surface area (Å²) >= 11 is 0. The number of rotatable bonds is 6. The van der Waals surface area contributed by atoms with E-state index in [9.17, 15) is 22.4 Å². The molecular formula is C14H9F4N3O3. The molecule has 0 aliphatic heterocycles. The molecule has 1 heterocycles. The van der Waals surface area contributed by atoms with Crippen molar-refractivity contribution in [3.63, 3.8) is 0 Å². The van der Waals surface area contributed by atoms with Crippen molar-refractivity contribution in [1.29, 1.82) is 0 Å². The summed E-state index contributed by atoms with van der Waals surface area (Å²) < 4.78 is 57.7. The van der Waals surface area contributed by atoms with E-state index < -0.39 is 41.8 Å². The molecule has 126 valence electrons. The molecule has 0 bridgehead atoms. The second-order valence-corrected chi connectivity index (χ2v) is 4.29. The highest BCUT2D eigenvalue weighted by Gasteiger charge is 2.20. The minimum absolute atomic E-state index is 0.137. The molecular weight excluding hydrogens is 334 g/mol. The van der Waals surface area contributed by atoms with Gasteiger partial charge in [-0.25, -0.2) is 4.79 Å². The highest BCUT2D eigenvalue weighted by atomic mass is 19.2. The Kier molecular flexibility index (Phi) is 5.30. The molecule has 0 spiro atoms. The van der Waals surface area contributed by atoms with Gasteiger partial charge < -0.3 is 9.84 Å². The van der Waals surface area contributed by atoms with E-state index in [0.29, 0.717) is 0 Å². The van der Waals surface area contributed by atoms with Crippen LogP contribution in [0.3, 0.4) is 0 Å². The summed E-state index contributed by atoms with van der Waals surface area (Å²) in [6, 6.07) is 6.05. The standard InChI is InChI=1S/C14H9F4N3O3/c15-10-12(11(16)14(18)20-13(10)17)21-19-5-7-3-1-2-4-8(7)24-6-9(22)23/h1-5H,6H2,(H,20,21)(H,22,23)/b19-5-. The van der Waals surface area contributed by atoms with E-state index in [1.165, 1.54) is 12.1 Å². The highest BCUT2D eigenvalue weighted by Crippen LogP contribution is 2.22. The lowest BCUT2D eigenvalue weighted by atomic mass is 10.2. The summed E-state index contributed by atoms with van der Waals surface area (Å²) in [4.78, 5) is 12.9. The zero-order chi connectivity index (χ0) is 17.7. The molecule has 0 atom stereocenters. The van der Waals surface area contributed by atoms with Crippen molar-refractivity contribution in [2.24, 2.45) is 5.10 Å². The number of benzene rings is 1. The van der Waals surface area contributed by atoms with Gasteiger partial charge in [0.25, 0.3) is 11.9 Å². The van der Waals surface area contributed by atoms with Crippen LogP contribution in [0.5, 0.6) is 5.75 Å². The minimum atomic E-state index is -1.82. The Hall–Kier alpha value is -3.17. The normalized spacial score (nSPS) is 10.8. The van der Waals surface area contributed by atoms with Gasteiger partial charge in [0, 0.05) is 5.56 Å². The lowest BCUT2D eigenvalue weighted by Gasteiger charge is -2.07. The lowest BCUT2D eigenvalue weighted by molar-refractivity contribution is -0.139. The molecule has 0 unspecified atom stereocenters. The van der Waals surface area contributed by atoms with Crippen LogP contribution in [0, 0.1) is 23.5 Å². The number of para-hydroxylation sites is 1. The Morgan fingerprint density at radius 3 is 2.46 bits per heavy atom. The predicted molar refractivity (Wildman–Crippen MR) is 74.9 cm³/mol. The lowest BCUT2D eigenvalue weighted by Crippen LogP contribution is -2.10. The van der Waals surface area contributed by atoms with Gasteiger partial charge in [-0.3, -0.25) is 5.43 Å². The first-order valence-corrected chi connectivity index (χ1v) is 6.33. The Morgan fingerprint density at radius 1 is 1.21 bits per heavy atom. The first kappa shape index (κ1) is 17.2. The number of aliphatic carboxylic acids is 1. The van der Waals surface area contributed by atoms with E-state index in [2.05, 4.69) is 10.1 Å². The van der Waals surface area contributed by atoms with Gasteiger partial charge in [0.05, 0.1) is 6.21 Å². The van der Waals surface area contributed by atoms with E-state index in [1.54, 1.807) is 12.1 Å². The fraction of sp³-hybridized carbons (Fsp3) is 0.0714. The molecule has 2 rings (SSSR count). The second kappa shape index (κ2) is 7.40. The number of pyridine rings is 1. The SMILES string of the molecule is O=C(O)COc1ccccc1/C=N\Nc1c(F)c(F)nc(F)c1F. The van der Waals surface area contributed by atoms with E-state index in [4.69, 9.17) is 9.84 Å². The van der Waals surface area contributed by atoms with Crippen molar-refractivity contribution in [1.82, 2.24) is 4.98 Å². The quantitative estimate of drug-likeness (QED) is 0.364. The van der Waals surface area contributed by atoms with E-state index >= 15 is 0 Å². The maximum Gasteiger partial charge on any atom is 0.341 e. The van der Waals surface area contributed by atoms with Crippen molar-refractivity contribution >= 4 is 17.9 Å². The number of nitrogens with one attached hydrogen (secondary N) is 1. The third-order valence-corrected chi connectivity index (χ3v) is 2.65. The summed E-state index contributed by atoms with van der Waals surface area (Å²) in [6.07, 6.45) is 1.03. The number of hydrogen-bond acceptors (Lipinski definition) is 5. The number of halogens is 4. The third-order valence-electron chi connectivity index (χ3n) is 2.65. The van der Waals surface area contributed by atoms with Gasteiger partial charge in [-0.2, -0.15) is 27.6 Å². The largest absolute Gasteiger partial charge is 0.481 e. The predicted octanol–water partition coefficient (Wildman–Crippen LogP) is 2.55. The fourth-order valence-electron chi connectivity index (χ4n) is 1.61. The number of hydrogen-bond donors (Lipinski definition) is 2. The maximum absolute atomic E-state index is 13.4. The molecule has 0 aliphatic rings. The van der Waals surface area contributed by atoms with E-state index in [-0.39, 0.29) is 11.3 Å². The molecule has 0 aliphatic carbocycles. The van der Waals surface area contributed by atoms with Gasteiger partial charge in [-0.15, -0.1) is 0 Å². The first-order chi connectivity index (χ1) is 11.4. The van der Waals surface area contributed by atoms with Crippen LogP contribution >= 0.6 is 0 Å². The van der Waals surface area contributed by atoms with Gasteiger partial charge in [-0.1, -0.05) is 12.1 Å². The number of carboxylic acids is 1. The maximum atomic E-state index is 13.4. The molecule has 24 heavy (non-hydrogen) atoms. The molecule has 0 saturated heterocycles. The highest BCUT2D eigenvalue weighted by molar-refractivity contribution is 5.84. The monoisotopic (exact) mass is 343 g/mol. The molecule has 0 radical (unpaired) electrons. The number of hydrazone groups is 1. The minimum Gasteiger partial charge on any atom is -0.481 e. The second-order valence-electron chi connectivity index (χ2n) is 4.29. The topological polar surface area (TPSA) is 83.8 Å². The van der Waals surface area contributed by atoms with Crippen LogP contribution in [-0.2, 0) is 4.79 Å². The molecule has 1 aromatic carbocycles. The van der Waals surface area contributed by atoms with Gasteiger partial charge in [-0.05, 0) is 12.1 Å². The van der Waals surface area contributed by atoms with Crippen LogP contribution in [0.1, 0.15) is 5.56 Å². The van der Waals surface area contributed by atoms with Crippen LogP contribution in [0.15, 0.2) is 29.4 Å². The first-order valence-electron chi connectivity index (χ1n) is 6.33. The number of carbonyl (C=O) groups is 1. The summed E-state index contributed by atoms with van der Waals surface area (Å²) in [5.74, 6) is -8.18. The Bertz CT molecular complexity index is 773. The zero-order valence-corrected chi connectivity index (χ0v) is 11.8. The zero-order valence-electron chi connectivity index (χ0n) is 11.8. The number of carboxylic acid groups (broad SMARTS) is 1. The number of ether oxygens (including phenoxy) is 1. The van der Waals surface area contributed by atoms with Gasteiger partial charge in [0.15, 0.2) is 6.61 Å². The van der Waals surface area contributed by atoms with Crippen molar-refractivity contribution in [3.8, 4) is 5.75 Å². The van der Waals surface area contributed by atoms with Crippen molar-refractivity contribution in [2.75, 3.05) is 12.0 Å². The Morgan fingerprint density at radius 2 is 1.83 bits per heavy atom. The summed E-state index contributed by atoms with van der Waals surface area (Å²) in [6.45, 7) is -0.609. The molecule has 10 heteroatoms. The van der Waals surface area contributed by atoms with Crippen molar-refractivity contribution < 1.29 is 32.2 Å². The Labute approximate surface area is 132 Å². The van der Waals surface area contributed by atoms with Gasteiger partial charge >= 0.3 is 5.97 Å². The molecule has 6 nitrogen and oxygen atoms in total. The van der Waals surface area contributed by atoms with Crippen molar-refractivity contribution in [3.05, 3.63) is 53.4 Å². The smallest absolute Gasteiger partial charge is 0.341 e. The van der Waals surface area contributed by atoms with Crippen LogP contribution < -0.4 is 10.2 Å². The van der Waals surface area contributed by atoms with Crippen molar-refractivity contribution in [2.45, 2.75) is 0 Å². The average Bonchev–Trinajstić information content (AvgIpc) is 2.55. The third kappa shape index (κ3) is 3.97. The van der Waals surface area contributed by atoms with Crippen LogP contribution in [0.4, 0.5) is 23.2 Å².